The Bertz CT molecular complexity index is 410. The van der Waals surface area contributed by atoms with E-state index in [9.17, 15) is 8.42 Å². The highest BCUT2D eigenvalue weighted by Gasteiger charge is 2.24. The summed E-state index contributed by atoms with van der Waals surface area (Å²) in [4.78, 5) is 3.88. The minimum Gasteiger partial charge on any atom is -0.313 e. The molecule has 1 aromatic heterocycles. The average Bonchev–Trinajstić information content (AvgIpc) is 2.71. The van der Waals surface area contributed by atoms with Gasteiger partial charge in [-0.25, -0.2) is 13.4 Å². The van der Waals surface area contributed by atoms with E-state index in [2.05, 4.69) is 10.3 Å². The van der Waals surface area contributed by atoms with Gasteiger partial charge in [-0.1, -0.05) is 6.07 Å². The fourth-order valence-corrected chi connectivity index (χ4v) is 3.27. The van der Waals surface area contributed by atoms with Crippen molar-refractivity contribution in [2.24, 2.45) is 0 Å². The first-order valence-corrected chi connectivity index (χ1v) is 6.71. The molecule has 1 aliphatic heterocycles. The largest absolute Gasteiger partial charge is 0.313 e. The molecular weight excluding hydrogens is 212 g/mol. The molecule has 82 valence electrons. The summed E-state index contributed by atoms with van der Waals surface area (Å²) in [6.07, 6.45) is 3.50. The number of hydrogen-bond donors (Lipinski definition) is 1. The van der Waals surface area contributed by atoms with E-state index in [1.165, 1.54) is 6.20 Å². The summed E-state index contributed by atoms with van der Waals surface area (Å²) < 4.78 is 23.8. The molecule has 1 atom stereocenters. The lowest BCUT2D eigenvalue weighted by Crippen LogP contribution is -2.30. The number of sulfone groups is 1. The summed E-state index contributed by atoms with van der Waals surface area (Å²) in [7, 11) is -3.22. The molecule has 1 N–H and O–H groups in total. The highest BCUT2D eigenvalue weighted by molar-refractivity contribution is 7.91. The maximum atomic E-state index is 11.9. The van der Waals surface area contributed by atoms with Crippen LogP contribution in [0.3, 0.4) is 0 Å². The standard InChI is InChI=1S/C10H14N2O2S/c13-15(14,8-9-4-3-7-11-9)10-5-1-2-6-12-10/h1-2,5-6,9,11H,3-4,7-8H2. The van der Waals surface area contributed by atoms with Crippen molar-refractivity contribution in [1.29, 1.82) is 0 Å². The first kappa shape index (κ1) is 10.6. The predicted octanol–water partition coefficient (Wildman–Crippen LogP) is 0.607. The van der Waals surface area contributed by atoms with Crippen LogP contribution in [0, 0.1) is 0 Å². The molecule has 5 heteroatoms. The predicted molar refractivity (Wildman–Crippen MR) is 57.3 cm³/mol. The minimum atomic E-state index is -3.22. The van der Waals surface area contributed by atoms with E-state index in [-0.39, 0.29) is 16.8 Å². The lowest BCUT2D eigenvalue weighted by molar-refractivity contribution is 0.573. The second-order valence-electron chi connectivity index (χ2n) is 3.74. The maximum absolute atomic E-state index is 11.9. The van der Waals surface area contributed by atoms with E-state index >= 15 is 0 Å². The fraction of sp³-hybridized carbons (Fsp3) is 0.500. The molecular formula is C10H14N2O2S. The van der Waals surface area contributed by atoms with Crippen LogP contribution in [-0.4, -0.2) is 31.7 Å². The third-order valence-corrected chi connectivity index (χ3v) is 4.26. The Morgan fingerprint density at radius 1 is 1.47 bits per heavy atom. The number of nitrogens with zero attached hydrogens (tertiary/aromatic N) is 1. The van der Waals surface area contributed by atoms with Gasteiger partial charge in [0.25, 0.3) is 0 Å². The molecule has 15 heavy (non-hydrogen) atoms. The average molecular weight is 226 g/mol. The number of rotatable bonds is 3. The molecule has 1 aromatic rings. The van der Waals surface area contributed by atoms with Crippen molar-refractivity contribution in [3.63, 3.8) is 0 Å². The molecule has 1 fully saturated rings. The van der Waals surface area contributed by atoms with Gasteiger partial charge in [0.15, 0.2) is 14.9 Å². The SMILES string of the molecule is O=S(=O)(CC1CCCN1)c1ccccn1. The molecule has 4 nitrogen and oxygen atoms in total. The number of aromatic nitrogens is 1. The van der Waals surface area contributed by atoms with Crippen molar-refractivity contribution in [3.05, 3.63) is 24.4 Å². The van der Waals surface area contributed by atoms with Crippen molar-refractivity contribution in [3.8, 4) is 0 Å². The highest BCUT2D eigenvalue weighted by Crippen LogP contribution is 2.13. The lowest BCUT2D eigenvalue weighted by atomic mass is 10.3. The zero-order valence-corrected chi connectivity index (χ0v) is 9.20. The second-order valence-corrected chi connectivity index (χ2v) is 5.72. The van der Waals surface area contributed by atoms with Crippen LogP contribution < -0.4 is 5.32 Å². The quantitative estimate of drug-likeness (QED) is 0.820. The Labute approximate surface area is 89.6 Å². The number of nitrogens with one attached hydrogen (secondary N) is 1. The molecule has 0 spiro atoms. The van der Waals surface area contributed by atoms with Crippen LogP contribution >= 0.6 is 0 Å². The normalized spacial score (nSPS) is 21.7. The van der Waals surface area contributed by atoms with Gasteiger partial charge < -0.3 is 5.32 Å². The Morgan fingerprint density at radius 3 is 2.93 bits per heavy atom. The van der Waals surface area contributed by atoms with E-state index in [0.717, 1.165) is 19.4 Å². The molecule has 1 saturated heterocycles. The molecule has 0 amide bonds. The van der Waals surface area contributed by atoms with E-state index in [1.807, 2.05) is 0 Å². The maximum Gasteiger partial charge on any atom is 0.197 e. The van der Waals surface area contributed by atoms with Crippen LogP contribution in [0.15, 0.2) is 29.4 Å². The van der Waals surface area contributed by atoms with Gasteiger partial charge in [0.2, 0.25) is 0 Å². The summed E-state index contributed by atoms with van der Waals surface area (Å²) in [5, 5.41) is 3.35. The summed E-state index contributed by atoms with van der Waals surface area (Å²) in [6, 6.07) is 5.05. The molecule has 1 unspecified atom stereocenters. The molecule has 0 aliphatic carbocycles. The molecule has 2 heterocycles. The molecule has 0 radical (unpaired) electrons. The van der Waals surface area contributed by atoms with E-state index in [4.69, 9.17) is 0 Å². The first-order valence-electron chi connectivity index (χ1n) is 5.06. The Hall–Kier alpha value is -0.940. The van der Waals surface area contributed by atoms with Gasteiger partial charge in [-0.15, -0.1) is 0 Å². The summed E-state index contributed by atoms with van der Waals surface area (Å²) in [6.45, 7) is 0.919. The van der Waals surface area contributed by atoms with Crippen molar-refractivity contribution in [2.75, 3.05) is 12.3 Å². The van der Waals surface area contributed by atoms with Gasteiger partial charge in [0.05, 0.1) is 5.75 Å². The van der Waals surface area contributed by atoms with Gasteiger partial charge in [-0.3, -0.25) is 0 Å². The Kier molecular flexibility index (Phi) is 3.02. The van der Waals surface area contributed by atoms with E-state index in [1.54, 1.807) is 18.2 Å². The number of hydrogen-bond acceptors (Lipinski definition) is 4. The smallest absolute Gasteiger partial charge is 0.197 e. The monoisotopic (exact) mass is 226 g/mol. The molecule has 2 rings (SSSR count). The Morgan fingerprint density at radius 2 is 2.33 bits per heavy atom. The lowest BCUT2D eigenvalue weighted by Gasteiger charge is -2.09. The topological polar surface area (TPSA) is 59.1 Å². The zero-order valence-electron chi connectivity index (χ0n) is 8.39. The van der Waals surface area contributed by atoms with Crippen LogP contribution in [0.25, 0.3) is 0 Å². The summed E-state index contributed by atoms with van der Waals surface area (Å²) >= 11 is 0. The summed E-state index contributed by atoms with van der Waals surface area (Å²) in [5.41, 5.74) is 0. The minimum absolute atomic E-state index is 0.0945. The third-order valence-electron chi connectivity index (χ3n) is 2.54. The van der Waals surface area contributed by atoms with Gasteiger partial charge in [0.1, 0.15) is 0 Å². The zero-order chi connectivity index (χ0) is 10.7. The van der Waals surface area contributed by atoms with Crippen molar-refractivity contribution in [1.82, 2.24) is 10.3 Å². The second kappa shape index (κ2) is 4.28. The van der Waals surface area contributed by atoms with E-state index in [0.29, 0.717) is 0 Å². The van der Waals surface area contributed by atoms with E-state index < -0.39 is 9.84 Å². The van der Waals surface area contributed by atoms with Gasteiger partial charge in [-0.05, 0) is 31.5 Å². The van der Waals surface area contributed by atoms with Crippen LogP contribution in [0.1, 0.15) is 12.8 Å². The molecule has 0 saturated carbocycles. The van der Waals surface area contributed by atoms with Crippen LogP contribution in [0.2, 0.25) is 0 Å². The summed E-state index contributed by atoms with van der Waals surface area (Å²) in [5.74, 6) is 0.157. The molecule has 0 bridgehead atoms. The van der Waals surface area contributed by atoms with Crippen molar-refractivity contribution in [2.45, 2.75) is 23.9 Å². The van der Waals surface area contributed by atoms with Crippen molar-refractivity contribution < 1.29 is 8.42 Å². The van der Waals surface area contributed by atoms with Crippen LogP contribution in [-0.2, 0) is 9.84 Å². The van der Waals surface area contributed by atoms with Crippen molar-refractivity contribution >= 4 is 9.84 Å². The molecule has 1 aliphatic rings. The number of pyridine rings is 1. The third kappa shape index (κ3) is 2.54. The fourth-order valence-electron chi connectivity index (χ4n) is 1.78. The van der Waals surface area contributed by atoms with Gasteiger partial charge in [0, 0.05) is 12.2 Å². The van der Waals surface area contributed by atoms with Crippen LogP contribution in [0.4, 0.5) is 0 Å². The highest BCUT2D eigenvalue weighted by atomic mass is 32.2. The molecule has 0 aromatic carbocycles. The van der Waals surface area contributed by atoms with Gasteiger partial charge in [-0.2, -0.15) is 0 Å². The van der Waals surface area contributed by atoms with Gasteiger partial charge >= 0.3 is 0 Å². The Balaban J connectivity index is 2.13. The van der Waals surface area contributed by atoms with Crippen LogP contribution in [0.5, 0.6) is 0 Å². The first-order chi connectivity index (χ1) is 7.18.